The zero-order valence-corrected chi connectivity index (χ0v) is 25.1. The van der Waals surface area contributed by atoms with E-state index in [9.17, 15) is 0 Å². The Hall–Kier alpha value is -6.26. The van der Waals surface area contributed by atoms with Crippen molar-refractivity contribution in [3.8, 4) is 78.9 Å². The van der Waals surface area contributed by atoms with Crippen LogP contribution in [0.5, 0.6) is 0 Å². The smallest absolute Gasteiger partial charge is 0.138 e. The number of aromatic nitrogens is 4. The molecule has 2 aromatic heterocycles. The predicted octanol–water partition coefficient (Wildman–Crippen LogP) is 10.8. The van der Waals surface area contributed by atoms with Gasteiger partial charge in [0.2, 0.25) is 0 Å². The Labute approximate surface area is 268 Å². The third kappa shape index (κ3) is 5.12. The van der Waals surface area contributed by atoms with Gasteiger partial charge in [-0.2, -0.15) is 0 Å². The minimum Gasteiger partial charge on any atom is -0.337 e. The van der Waals surface area contributed by atoms with E-state index < -0.39 is 0 Å². The third-order valence-corrected chi connectivity index (χ3v) is 8.28. The summed E-state index contributed by atoms with van der Waals surface area (Å²) in [6, 6.07) is 58.5. The first kappa shape index (κ1) is 27.3. The maximum absolute atomic E-state index is 5.25. The lowest BCUT2D eigenvalue weighted by atomic mass is 9.90. The van der Waals surface area contributed by atoms with Crippen molar-refractivity contribution in [3.05, 3.63) is 170 Å². The molecule has 0 fully saturated rings. The molecule has 0 bridgehead atoms. The number of aromatic amines is 2. The summed E-state index contributed by atoms with van der Waals surface area (Å²) in [4.78, 5) is 17.8. The number of benzene rings is 6. The highest BCUT2D eigenvalue weighted by atomic mass is 14.9. The van der Waals surface area contributed by atoms with E-state index in [4.69, 9.17) is 9.97 Å². The average molecular weight is 591 g/mol. The molecule has 4 heteroatoms. The lowest BCUT2D eigenvalue weighted by molar-refractivity contribution is 1.31. The van der Waals surface area contributed by atoms with Crippen LogP contribution >= 0.6 is 0 Å². The molecule has 6 aromatic carbocycles. The Morgan fingerprint density at radius 2 is 0.565 bits per heavy atom. The largest absolute Gasteiger partial charge is 0.337 e. The molecule has 46 heavy (non-hydrogen) atoms. The fraction of sp³-hybridized carbons (Fsp3) is 0. The van der Waals surface area contributed by atoms with Crippen LogP contribution in [0.15, 0.2) is 170 Å². The molecule has 0 aliphatic carbocycles. The summed E-state index contributed by atoms with van der Waals surface area (Å²) in [7, 11) is 0. The molecule has 0 saturated carbocycles. The van der Waals surface area contributed by atoms with Gasteiger partial charge in [0.05, 0.1) is 22.8 Å². The van der Waals surface area contributed by atoms with Gasteiger partial charge in [-0.05, 0) is 11.1 Å². The molecule has 0 unspecified atom stereocenters. The molecule has 218 valence electrons. The SMILES string of the molecule is c1ccc(-c2nc(-c3ccccc3-c3ccccc3-c3nc(-c4ccccc4)[nH]c3-c3ccccc3)c(-c3ccccc3)[nH]2)cc1. The van der Waals surface area contributed by atoms with Crippen molar-refractivity contribution in [2.24, 2.45) is 0 Å². The maximum Gasteiger partial charge on any atom is 0.138 e. The van der Waals surface area contributed by atoms with Gasteiger partial charge in [-0.3, -0.25) is 0 Å². The standard InChI is InChI=1S/C42H30N4/c1-5-17-29(18-6-1)37-39(45-41(43-37)31-21-9-3-10-22-31)35-27-15-13-25-33(35)34-26-14-16-28-36(34)40-38(30-19-7-2-8-20-30)44-42(46-40)32-23-11-4-12-24-32/h1-28H,(H,43,45)(H,44,46). The number of nitrogens with zero attached hydrogens (tertiary/aromatic N) is 2. The van der Waals surface area contributed by atoms with Gasteiger partial charge in [0.25, 0.3) is 0 Å². The highest BCUT2D eigenvalue weighted by Crippen LogP contribution is 2.43. The normalized spacial score (nSPS) is 11.0. The van der Waals surface area contributed by atoms with Crippen molar-refractivity contribution in [3.63, 3.8) is 0 Å². The maximum atomic E-state index is 5.25. The zero-order chi connectivity index (χ0) is 30.7. The highest BCUT2D eigenvalue weighted by molar-refractivity contribution is 5.96. The van der Waals surface area contributed by atoms with E-state index >= 15 is 0 Å². The van der Waals surface area contributed by atoms with Crippen LogP contribution in [-0.4, -0.2) is 19.9 Å². The fourth-order valence-corrected chi connectivity index (χ4v) is 6.08. The molecule has 0 radical (unpaired) electrons. The van der Waals surface area contributed by atoms with Crippen LogP contribution in [0.2, 0.25) is 0 Å². The van der Waals surface area contributed by atoms with Crippen LogP contribution in [0.4, 0.5) is 0 Å². The van der Waals surface area contributed by atoms with Gasteiger partial charge in [-0.25, -0.2) is 9.97 Å². The second kappa shape index (κ2) is 12.0. The molecular formula is C42H30N4. The van der Waals surface area contributed by atoms with Crippen LogP contribution < -0.4 is 0 Å². The Kier molecular flexibility index (Phi) is 7.14. The molecule has 0 atom stereocenters. The summed E-state index contributed by atoms with van der Waals surface area (Å²) in [6.45, 7) is 0. The second-order valence-electron chi connectivity index (χ2n) is 11.2. The van der Waals surface area contributed by atoms with E-state index in [1.54, 1.807) is 0 Å². The molecule has 4 nitrogen and oxygen atoms in total. The monoisotopic (exact) mass is 590 g/mol. The first-order valence-corrected chi connectivity index (χ1v) is 15.4. The molecular weight excluding hydrogens is 560 g/mol. The molecule has 0 saturated heterocycles. The predicted molar refractivity (Wildman–Crippen MR) is 189 cm³/mol. The molecule has 2 N–H and O–H groups in total. The molecule has 0 amide bonds. The molecule has 0 aliphatic heterocycles. The lowest BCUT2D eigenvalue weighted by Gasteiger charge is -2.14. The van der Waals surface area contributed by atoms with E-state index in [1.807, 2.05) is 48.5 Å². The first-order valence-electron chi connectivity index (χ1n) is 15.4. The number of H-pyrrole nitrogens is 2. The van der Waals surface area contributed by atoms with Gasteiger partial charge in [0.15, 0.2) is 0 Å². The van der Waals surface area contributed by atoms with Gasteiger partial charge in [-0.1, -0.05) is 170 Å². The first-order chi connectivity index (χ1) is 22.8. The van der Waals surface area contributed by atoms with Gasteiger partial charge < -0.3 is 9.97 Å². The number of rotatable bonds is 7. The Morgan fingerprint density at radius 3 is 0.913 bits per heavy atom. The van der Waals surface area contributed by atoms with E-state index in [1.165, 1.54) is 0 Å². The van der Waals surface area contributed by atoms with Crippen LogP contribution in [0.3, 0.4) is 0 Å². The Morgan fingerprint density at radius 1 is 0.283 bits per heavy atom. The average Bonchev–Trinajstić information content (AvgIpc) is 3.79. The Balaban J connectivity index is 1.34. The van der Waals surface area contributed by atoms with E-state index in [2.05, 4.69) is 131 Å². The number of hydrogen-bond donors (Lipinski definition) is 2. The summed E-state index contributed by atoms with van der Waals surface area (Å²) < 4.78 is 0. The number of hydrogen-bond acceptors (Lipinski definition) is 2. The van der Waals surface area contributed by atoms with Crippen LogP contribution in [0.1, 0.15) is 0 Å². The van der Waals surface area contributed by atoms with Crippen molar-refractivity contribution in [2.45, 2.75) is 0 Å². The lowest BCUT2D eigenvalue weighted by Crippen LogP contribution is -1.92. The van der Waals surface area contributed by atoms with Crippen molar-refractivity contribution < 1.29 is 0 Å². The van der Waals surface area contributed by atoms with Crippen LogP contribution in [0, 0.1) is 0 Å². The van der Waals surface area contributed by atoms with Gasteiger partial charge in [0.1, 0.15) is 11.6 Å². The molecule has 8 rings (SSSR count). The summed E-state index contributed by atoms with van der Waals surface area (Å²) >= 11 is 0. The minimum atomic E-state index is 0.837. The fourth-order valence-electron chi connectivity index (χ4n) is 6.08. The van der Waals surface area contributed by atoms with E-state index in [-0.39, 0.29) is 0 Å². The molecule has 0 aliphatic rings. The number of imidazole rings is 2. The quantitative estimate of drug-likeness (QED) is 0.194. The molecule has 8 aromatic rings. The highest BCUT2D eigenvalue weighted by Gasteiger charge is 2.22. The van der Waals surface area contributed by atoms with Crippen molar-refractivity contribution in [1.82, 2.24) is 19.9 Å². The third-order valence-electron chi connectivity index (χ3n) is 8.28. The van der Waals surface area contributed by atoms with Crippen molar-refractivity contribution in [1.29, 1.82) is 0 Å². The minimum absolute atomic E-state index is 0.837. The Bertz CT molecular complexity index is 2070. The second-order valence-corrected chi connectivity index (χ2v) is 11.2. The van der Waals surface area contributed by atoms with Crippen LogP contribution in [0.25, 0.3) is 78.9 Å². The van der Waals surface area contributed by atoms with Gasteiger partial charge >= 0.3 is 0 Å². The summed E-state index contributed by atoms with van der Waals surface area (Å²) in [5.74, 6) is 1.67. The topological polar surface area (TPSA) is 57.4 Å². The number of nitrogens with one attached hydrogen (secondary N) is 2. The molecule has 2 heterocycles. The summed E-state index contributed by atoms with van der Waals surface area (Å²) in [5.41, 5.74) is 12.3. The summed E-state index contributed by atoms with van der Waals surface area (Å²) in [5, 5.41) is 0. The zero-order valence-electron chi connectivity index (χ0n) is 25.1. The van der Waals surface area contributed by atoms with Crippen LogP contribution in [-0.2, 0) is 0 Å². The summed E-state index contributed by atoms with van der Waals surface area (Å²) in [6.07, 6.45) is 0. The van der Waals surface area contributed by atoms with E-state index in [0.717, 1.165) is 78.9 Å². The van der Waals surface area contributed by atoms with E-state index in [0.29, 0.717) is 0 Å². The molecule has 0 spiro atoms. The van der Waals surface area contributed by atoms with Crippen molar-refractivity contribution >= 4 is 0 Å². The van der Waals surface area contributed by atoms with Gasteiger partial charge in [-0.15, -0.1) is 0 Å². The van der Waals surface area contributed by atoms with Crippen molar-refractivity contribution in [2.75, 3.05) is 0 Å². The van der Waals surface area contributed by atoms with Gasteiger partial charge in [0, 0.05) is 33.4 Å².